The molecule has 0 spiro atoms. The third kappa shape index (κ3) is 2.34. The van der Waals surface area contributed by atoms with Gasteiger partial charge in [0.15, 0.2) is 11.6 Å². The number of rotatable bonds is 1. The SMILES string of the molecule is C#CC1COCCN1C(=O)c1ccc(F)c(F)c1. The van der Waals surface area contributed by atoms with E-state index in [2.05, 4.69) is 5.92 Å². The van der Waals surface area contributed by atoms with E-state index in [1.807, 2.05) is 0 Å². The lowest BCUT2D eigenvalue weighted by atomic mass is 10.1. The maximum Gasteiger partial charge on any atom is 0.255 e. The van der Waals surface area contributed by atoms with E-state index in [-0.39, 0.29) is 12.2 Å². The molecule has 1 atom stereocenters. The van der Waals surface area contributed by atoms with Crippen LogP contribution in [0.15, 0.2) is 18.2 Å². The zero-order valence-corrected chi connectivity index (χ0v) is 9.53. The van der Waals surface area contributed by atoms with Crippen LogP contribution in [0.5, 0.6) is 0 Å². The molecule has 0 bridgehead atoms. The highest BCUT2D eigenvalue weighted by Gasteiger charge is 2.27. The lowest BCUT2D eigenvalue weighted by molar-refractivity contribution is 0.0137. The van der Waals surface area contributed by atoms with Gasteiger partial charge < -0.3 is 9.64 Å². The normalized spacial score (nSPS) is 19.4. The number of nitrogens with zero attached hydrogens (tertiary/aromatic N) is 1. The highest BCUT2D eigenvalue weighted by molar-refractivity contribution is 5.94. The van der Waals surface area contributed by atoms with E-state index in [4.69, 9.17) is 11.2 Å². The van der Waals surface area contributed by atoms with Crippen molar-refractivity contribution in [1.29, 1.82) is 0 Å². The number of hydrogen-bond acceptors (Lipinski definition) is 2. The van der Waals surface area contributed by atoms with Crippen molar-refractivity contribution < 1.29 is 18.3 Å². The van der Waals surface area contributed by atoms with Crippen LogP contribution in [0.25, 0.3) is 0 Å². The second-order valence-corrected chi connectivity index (χ2v) is 3.88. The van der Waals surface area contributed by atoms with Gasteiger partial charge in [0.05, 0.1) is 13.2 Å². The first-order chi connectivity index (χ1) is 8.63. The van der Waals surface area contributed by atoms with Gasteiger partial charge in [0.25, 0.3) is 5.91 Å². The van der Waals surface area contributed by atoms with Gasteiger partial charge in [0.1, 0.15) is 6.04 Å². The van der Waals surface area contributed by atoms with Crippen molar-refractivity contribution in [1.82, 2.24) is 4.90 Å². The first kappa shape index (κ1) is 12.5. The molecule has 1 aromatic rings. The molecule has 1 saturated heterocycles. The Morgan fingerprint density at radius 2 is 2.22 bits per heavy atom. The van der Waals surface area contributed by atoms with E-state index in [1.54, 1.807) is 0 Å². The van der Waals surface area contributed by atoms with Crippen molar-refractivity contribution in [2.45, 2.75) is 6.04 Å². The molecule has 0 saturated carbocycles. The van der Waals surface area contributed by atoms with Gasteiger partial charge in [-0.05, 0) is 18.2 Å². The van der Waals surface area contributed by atoms with Gasteiger partial charge in [-0.1, -0.05) is 5.92 Å². The summed E-state index contributed by atoms with van der Waals surface area (Å²) in [5.41, 5.74) is 0.0797. The van der Waals surface area contributed by atoms with Crippen LogP contribution in [-0.4, -0.2) is 36.6 Å². The van der Waals surface area contributed by atoms with E-state index >= 15 is 0 Å². The van der Waals surface area contributed by atoms with Crippen molar-refractivity contribution in [3.8, 4) is 12.3 Å². The summed E-state index contributed by atoms with van der Waals surface area (Å²) in [6.07, 6.45) is 5.31. The minimum atomic E-state index is -1.05. The Morgan fingerprint density at radius 3 is 2.89 bits per heavy atom. The monoisotopic (exact) mass is 251 g/mol. The summed E-state index contributed by atoms with van der Waals surface area (Å²) in [6.45, 7) is 0.978. The van der Waals surface area contributed by atoms with Crippen LogP contribution in [0, 0.1) is 24.0 Å². The second-order valence-electron chi connectivity index (χ2n) is 3.88. The van der Waals surface area contributed by atoms with Crippen LogP contribution in [-0.2, 0) is 4.74 Å². The Kier molecular flexibility index (Phi) is 3.58. The predicted molar refractivity (Wildman–Crippen MR) is 60.8 cm³/mol. The number of terminal acetylenes is 1. The van der Waals surface area contributed by atoms with Crippen molar-refractivity contribution in [2.24, 2.45) is 0 Å². The average Bonchev–Trinajstić information content (AvgIpc) is 2.41. The van der Waals surface area contributed by atoms with Gasteiger partial charge in [-0.2, -0.15) is 0 Å². The standard InChI is InChI=1S/C13H11F2NO2/c1-2-10-8-18-6-5-16(10)13(17)9-3-4-11(14)12(15)7-9/h1,3-4,7,10H,5-6,8H2. The van der Waals surface area contributed by atoms with E-state index < -0.39 is 23.6 Å². The second kappa shape index (κ2) is 5.15. The molecule has 1 aliphatic heterocycles. The number of benzene rings is 1. The van der Waals surface area contributed by atoms with Crippen molar-refractivity contribution in [3.63, 3.8) is 0 Å². The fourth-order valence-corrected chi connectivity index (χ4v) is 1.78. The third-order valence-corrected chi connectivity index (χ3v) is 2.75. The molecule has 1 heterocycles. The van der Waals surface area contributed by atoms with Crippen LogP contribution in [0.2, 0.25) is 0 Å². The molecule has 3 nitrogen and oxygen atoms in total. The highest BCUT2D eigenvalue weighted by atomic mass is 19.2. The topological polar surface area (TPSA) is 29.5 Å². The summed E-state index contributed by atoms with van der Waals surface area (Å²) in [5.74, 6) is -0.00750. The quantitative estimate of drug-likeness (QED) is 0.707. The van der Waals surface area contributed by atoms with Gasteiger partial charge in [0.2, 0.25) is 0 Å². The molecule has 0 radical (unpaired) electrons. The first-order valence-corrected chi connectivity index (χ1v) is 5.43. The van der Waals surface area contributed by atoms with Gasteiger partial charge >= 0.3 is 0 Å². The zero-order chi connectivity index (χ0) is 13.1. The van der Waals surface area contributed by atoms with Gasteiger partial charge in [-0.15, -0.1) is 6.42 Å². The molecule has 94 valence electrons. The lowest BCUT2D eigenvalue weighted by Gasteiger charge is -2.32. The van der Waals surface area contributed by atoms with E-state index in [9.17, 15) is 13.6 Å². The van der Waals surface area contributed by atoms with Gasteiger partial charge in [-0.25, -0.2) is 8.78 Å². The molecule has 0 aromatic heterocycles. The molecule has 18 heavy (non-hydrogen) atoms. The molecule has 5 heteroatoms. The average molecular weight is 251 g/mol. The minimum Gasteiger partial charge on any atom is -0.376 e. The van der Waals surface area contributed by atoms with Crippen LogP contribution < -0.4 is 0 Å². The van der Waals surface area contributed by atoms with Crippen molar-refractivity contribution in [2.75, 3.05) is 19.8 Å². The van der Waals surface area contributed by atoms with Gasteiger partial charge in [-0.3, -0.25) is 4.79 Å². The Hall–Kier alpha value is -1.93. The molecule has 1 amide bonds. The number of hydrogen-bond donors (Lipinski definition) is 0. The molecule has 1 aromatic carbocycles. The predicted octanol–water partition coefficient (Wildman–Crippen LogP) is 1.44. The number of amides is 1. The maximum atomic E-state index is 13.1. The number of ether oxygens (including phenoxy) is 1. The summed E-state index contributed by atoms with van der Waals surface area (Å²) in [6, 6.07) is 2.57. The van der Waals surface area contributed by atoms with Crippen molar-refractivity contribution >= 4 is 5.91 Å². The molecular weight excluding hydrogens is 240 g/mol. The summed E-state index contributed by atoms with van der Waals surface area (Å²) in [4.78, 5) is 13.5. The van der Waals surface area contributed by atoms with Crippen LogP contribution in [0.1, 0.15) is 10.4 Å². The number of halogens is 2. The molecule has 1 aliphatic rings. The number of carbonyl (C=O) groups is 1. The molecule has 2 rings (SSSR count). The van der Waals surface area contributed by atoms with E-state index in [0.717, 1.165) is 12.1 Å². The number of carbonyl (C=O) groups excluding carboxylic acids is 1. The lowest BCUT2D eigenvalue weighted by Crippen LogP contribution is -2.48. The fourth-order valence-electron chi connectivity index (χ4n) is 1.78. The fraction of sp³-hybridized carbons (Fsp3) is 0.308. The van der Waals surface area contributed by atoms with Crippen LogP contribution >= 0.6 is 0 Å². The Bertz CT molecular complexity index is 510. The molecular formula is C13H11F2NO2. The summed E-state index contributed by atoms with van der Waals surface area (Å²) >= 11 is 0. The smallest absolute Gasteiger partial charge is 0.255 e. The number of morpholine rings is 1. The molecule has 0 N–H and O–H groups in total. The summed E-state index contributed by atoms with van der Waals surface area (Å²) in [7, 11) is 0. The molecule has 0 aliphatic carbocycles. The van der Waals surface area contributed by atoms with Crippen LogP contribution in [0.4, 0.5) is 8.78 Å². The highest BCUT2D eigenvalue weighted by Crippen LogP contribution is 2.14. The van der Waals surface area contributed by atoms with Crippen molar-refractivity contribution in [3.05, 3.63) is 35.4 Å². The van der Waals surface area contributed by atoms with E-state index in [1.165, 1.54) is 11.0 Å². The Balaban J connectivity index is 2.24. The Labute approximate surface area is 103 Å². The Morgan fingerprint density at radius 1 is 1.44 bits per heavy atom. The van der Waals surface area contributed by atoms with E-state index in [0.29, 0.717) is 13.2 Å². The van der Waals surface area contributed by atoms with Crippen LogP contribution in [0.3, 0.4) is 0 Å². The van der Waals surface area contributed by atoms with Gasteiger partial charge in [0, 0.05) is 12.1 Å². The summed E-state index contributed by atoms with van der Waals surface area (Å²) < 4.78 is 31.0. The first-order valence-electron chi connectivity index (χ1n) is 5.43. The molecule has 1 fully saturated rings. The maximum absolute atomic E-state index is 13.1. The largest absolute Gasteiger partial charge is 0.376 e. The summed E-state index contributed by atoms with van der Waals surface area (Å²) in [5, 5.41) is 0. The minimum absolute atomic E-state index is 0.0797. The zero-order valence-electron chi connectivity index (χ0n) is 9.53. The third-order valence-electron chi connectivity index (χ3n) is 2.75. The molecule has 1 unspecified atom stereocenters.